The summed E-state index contributed by atoms with van der Waals surface area (Å²) in [5.41, 5.74) is 0. The maximum absolute atomic E-state index is 5.04. The van der Waals surface area contributed by atoms with Gasteiger partial charge in [-0.05, 0) is 25.7 Å². The van der Waals surface area contributed by atoms with E-state index in [2.05, 4.69) is 27.5 Å². The SMILES string of the molecule is CCCNc1cc(NCCCOC)nc(C2CC2)n1. The molecule has 1 aromatic rings. The molecule has 1 aliphatic carbocycles. The van der Waals surface area contributed by atoms with E-state index < -0.39 is 0 Å². The normalized spacial score (nSPS) is 14.4. The van der Waals surface area contributed by atoms with Crippen molar-refractivity contribution >= 4 is 11.6 Å². The molecule has 0 amide bonds. The number of ether oxygens (including phenoxy) is 1. The van der Waals surface area contributed by atoms with Crippen molar-refractivity contribution in [2.24, 2.45) is 0 Å². The predicted molar refractivity (Wildman–Crippen MR) is 77.8 cm³/mol. The number of methoxy groups -OCH3 is 1. The molecular formula is C14H24N4O. The van der Waals surface area contributed by atoms with Gasteiger partial charge in [0.2, 0.25) is 0 Å². The minimum Gasteiger partial charge on any atom is -0.385 e. The molecule has 0 atom stereocenters. The molecule has 1 aliphatic rings. The summed E-state index contributed by atoms with van der Waals surface area (Å²) in [4.78, 5) is 9.19. The quantitative estimate of drug-likeness (QED) is 0.671. The fourth-order valence-electron chi connectivity index (χ4n) is 1.86. The van der Waals surface area contributed by atoms with Crippen molar-refractivity contribution in [2.45, 2.75) is 38.5 Å². The van der Waals surface area contributed by atoms with Crippen LogP contribution in [0.3, 0.4) is 0 Å². The van der Waals surface area contributed by atoms with E-state index >= 15 is 0 Å². The number of anilines is 2. The Morgan fingerprint density at radius 3 is 2.47 bits per heavy atom. The largest absolute Gasteiger partial charge is 0.385 e. The third-order valence-corrected chi connectivity index (χ3v) is 3.07. The van der Waals surface area contributed by atoms with Gasteiger partial charge in [0.1, 0.15) is 17.5 Å². The smallest absolute Gasteiger partial charge is 0.136 e. The van der Waals surface area contributed by atoms with Crippen molar-refractivity contribution in [2.75, 3.05) is 37.4 Å². The highest BCUT2D eigenvalue weighted by molar-refractivity contribution is 5.48. The molecular weight excluding hydrogens is 240 g/mol. The van der Waals surface area contributed by atoms with Crippen LogP contribution in [0.2, 0.25) is 0 Å². The van der Waals surface area contributed by atoms with Gasteiger partial charge in [0.05, 0.1) is 0 Å². The summed E-state index contributed by atoms with van der Waals surface area (Å²) < 4.78 is 5.04. The van der Waals surface area contributed by atoms with E-state index in [4.69, 9.17) is 4.74 Å². The molecule has 0 saturated heterocycles. The summed E-state index contributed by atoms with van der Waals surface area (Å²) >= 11 is 0. The van der Waals surface area contributed by atoms with Crippen LogP contribution in [0.5, 0.6) is 0 Å². The monoisotopic (exact) mass is 264 g/mol. The molecule has 1 fully saturated rings. The Balaban J connectivity index is 1.97. The van der Waals surface area contributed by atoms with Gasteiger partial charge < -0.3 is 15.4 Å². The second kappa shape index (κ2) is 7.28. The van der Waals surface area contributed by atoms with Crippen LogP contribution in [0, 0.1) is 0 Å². The van der Waals surface area contributed by atoms with Crippen LogP contribution >= 0.6 is 0 Å². The van der Waals surface area contributed by atoms with Gasteiger partial charge >= 0.3 is 0 Å². The third-order valence-electron chi connectivity index (χ3n) is 3.07. The van der Waals surface area contributed by atoms with Gasteiger partial charge in [0.15, 0.2) is 0 Å². The molecule has 0 unspecified atom stereocenters. The summed E-state index contributed by atoms with van der Waals surface area (Å²) in [6, 6.07) is 1.99. The van der Waals surface area contributed by atoms with Gasteiger partial charge in [-0.1, -0.05) is 6.92 Å². The summed E-state index contributed by atoms with van der Waals surface area (Å²) in [6.45, 7) is 4.75. The number of aromatic nitrogens is 2. The van der Waals surface area contributed by atoms with Crippen molar-refractivity contribution in [1.82, 2.24) is 9.97 Å². The van der Waals surface area contributed by atoms with Crippen molar-refractivity contribution in [3.63, 3.8) is 0 Å². The molecule has 0 spiro atoms. The molecule has 19 heavy (non-hydrogen) atoms. The standard InChI is InChI=1S/C14H24N4O/c1-3-7-15-12-10-13(16-8-4-9-19-2)18-14(17-12)11-5-6-11/h10-11H,3-9H2,1-2H3,(H2,15,16,17,18). The Morgan fingerprint density at radius 1 is 1.21 bits per heavy atom. The van der Waals surface area contributed by atoms with Gasteiger partial charge in [0, 0.05) is 38.8 Å². The van der Waals surface area contributed by atoms with E-state index in [1.165, 1.54) is 12.8 Å². The lowest BCUT2D eigenvalue weighted by Gasteiger charge is -2.10. The van der Waals surface area contributed by atoms with Crippen LogP contribution < -0.4 is 10.6 Å². The van der Waals surface area contributed by atoms with Crippen LogP contribution in [-0.4, -0.2) is 36.8 Å². The minimum absolute atomic E-state index is 0.572. The van der Waals surface area contributed by atoms with Crippen LogP contribution in [0.15, 0.2) is 6.07 Å². The third kappa shape index (κ3) is 4.67. The Kier molecular flexibility index (Phi) is 5.39. The molecule has 1 saturated carbocycles. The summed E-state index contributed by atoms with van der Waals surface area (Å²) in [7, 11) is 1.72. The fourth-order valence-corrected chi connectivity index (χ4v) is 1.86. The lowest BCUT2D eigenvalue weighted by molar-refractivity contribution is 0.198. The first-order valence-corrected chi connectivity index (χ1v) is 7.19. The second-order valence-corrected chi connectivity index (χ2v) is 4.97. The molecule has 2 rings (SSSR count). The predicted octanol–water partition coefficient (Wildman–Crippen LogP) is 2.62. The molecule has 106 valence electrons. The van der Waals surface area contributed by atoms with E-state index in [1.54, 1.807) is 7.11 Å². The Labute approximate surface area is 115 Å². The van der Waals surface area contributed by atoms with Gasteiger partial charge in [0.25, 0.3) is 0 Å². The van der Waals surface area contributed by atoms with Gasteiger partial charge in [-0.25, -0.2) is 9.97 Å². The highest BCUT2D eigenvalue weighted by atomic mass is 16.5. The van der Waals surface area contributed by atoms with E-state index in [-0.39, 0.29) is 0 Å². The van der Waals surface area contributed by atoms with Crippen LogP contribution in [0.25, 0.3) is 0 Å². The number of nitrogens with zero attached hydrogens (tertiary/aromatic N) is 2. The maximum Gasteiger partial charge on any atom is 0.136 e. The minimum atomic E-state index is 0.572. The zero-order valence-corrected chi connectivity index (χ0v) is 11.9. The Hall–Kier alpha value is -1.36. The van der Waals surface area contributed by atoms with Crippen LogP contribution in [0.4, 0.5) is 11.6 Å². The zero-order valence-electron chi connectivity index (χ0n) is 11.9. The fraction of sp³-hybridized carbons (Fsp3) is 0.714. The Bertz CT molecular complexity index is 393. The summed E-state index contributed by atoms with van der Waals surface area (Å²) in [5, 5.41) is 6.69. The number of rotatable bonds is 9. The average molecular weight is 264 g/mol. The summed E-state index contributed by atoms with van der Waals surface area (Å²) in [5.74, 6) is 3.41. The highest BCUT2D eigenvalue weighted by Crippen LogP contribution is 2.38. The van der Waals surface area contributed by atoms with Crippen LogP contribution in [-0.2, 0) is 4.74 Å². The maximum atomic E-state index is 5.04. The van der Waals surface area contributed by atoms with E-state index in [1.807, 2.05) is 6.07 Å². The lowest BCUT2D eigenvalue weighted by Crippen LogP contribution is -2.10. The topological polar surface area (TPSA) is 59.1 Å². The van der Waals surface area contributed by atoms with Gasteiger partial charge in [-0.3, -0.25) is 0 Å². The number of hydrogen-bond acceptors (Lipinski definition) is 5. The molecule has 5 heteroatoms. The van der Waals surface area contributed by atoms with Crippen molar-refractivity contribution < 1.29 is 4.74 Å². The number of hydrogen-bond donors (Lipinski definition) is 2. The molecule has 0 radical (unpaired) electrons. The van der Waals surface area contributed by atoms with Crippen molar-refractivity contribution in [1.29, 1.82) is 0 Å². The summed E-state index contributed by atoms with van der Waals surface area (Å²) in [6.07, 6.45) is 4.52. The molecule has 1 heterocycles. The first-order chi connectivity index (χ1) is 9.33. The lowest BCUT2D eigenvalue weighted by atomic mass is 10.3. The molecule has 0 aromatic carbocycles. The van der Waals surface area contributed by atoms with Gasteiger partial charge in [-0.15, -0.1) is 0 Å². The molecule has 0 aliphatic heterocycles. The second-order valence-electron chi connectivity index (χ2n) is 4.97. The van der Waals surface area contributed by atoms with E-state index in [0.717, 1.165) is 50.0 Å². The average Bonchev–Trinajstić information content (AvgIpc) is 3.26. The van der Waals surface area contributed by atoms with Crippen molar-refractivity contribution in [3.8, 4) is 0 Å². The first kappa shape index (κ1) is 14.1. The Morgan fingerprint density at radius 2 is 1.89 bits per heavy atom. The zero-order chi connectivity index (χ0) is 13.5. The molecule has 1 aromatic heterocycles. The van der Waals surface area contributed by atoms with E-state index in [9.17, 15) is 0 Å². The van der Waals surface area contributed by atoms with E-state index in [0.29, 0.717) is 5.92 Å². The highest BCUT2D eigenvalue weighted by Gasteiger charge is 2.27. The van der Waals surface area contributed by atoms with Crippen molar-refractivity contribution in [3.05, 3.63) is 11.9 Å². The number of nitrogens with one attached hydrogen (secondary N) is 2. The van der Waals surface area contributed by atoms with Crippen LogP contribution in [0.1, 0.15) is 44.3 Å². The first-order valence-electron chi connectivity index (χ1n) is 7.19. The molecule has 0 bridgehead atoms. The molecule has 2 N–H and O–H groups in total. The molecule has 5 nitrogen and oxygen atoms in total. The van der Waals surface area contributed by atoms with Gasteiger partial charge in [-0.2, -0.15) is 0 Å².